The molecule has 0 heterocycles. The van der Waals surface area contributed by atoms with Gasteiger partial charge in [0, 0.05) is 18.3 Å². The average Bonchev–Trinajstić information content (AvgIpc) is 2.36. The number of amides is 1. The zero-order valence-electron chi connectivity index (χ0n) is 11.1. The molecule has 0 unspecified atom stereocenters. The van der Waals surface area contributed by atoms with Crippen molar-refractivity contribution in [1.82, 2.24) is 5.32 Å². The summed E-state index contributed by atoms with van der Waals surface area (Å²) in [7, 11) is 0. The number of carbonyl (C=O) groups excluding carboxylic acids is 1. The van der Waals surface area contributed by atoms with Gasteiger partial charge >= 0.3 is 0 Å². The van der Waals surface area contributed by atoms with Crippen LogP contribution >= 0.6 is 0 Å². The minimum atomic E-state index is -0.100. The lowest BCUT2D eigenvalue weighted by Gasteiger charge is -2.35. The molecule has 5 heteroatoms. The Morgan fingerprint density at radius 2 is 2.05 bits per heavy atom. The maximum absolute atomic E-state index is 11.6. The molecule has 3 N–H and O–H groups in total. The van der Waals surface area contributed by atoms with Crippen molar-refractivity contribution in [3.05, 3.63) is 24.3 Å². The van der Waals surface area contributed by atoms with Crippen molar-refractivity contribution in [3.8, 4) is 5.75 Å². The number of nitrogen functional groups attached to an aromatic ring is 1. The lowest BCUT2D eigenvalue weighted by molar-refractivity contribution is -0.125. The van der Waals surface area contributed by atoms with Crippen molar-refractivity contribution in [2.45, 2.75) is 31.9 Å². The first-order chi connectivity index (χ1) is 9.17. The van der Waals surface area contributed by atoms with Gasteiger partial charge in [0.25, 0.3) is 5.91 Å². The molecule has 1 aromatic rings. The highest BCUT2D eigenvalue weighted by atomic mass is 16.5. The Kier molecular flexibility index (Phi) is 4.63. The molecule has 0 bridgehead atoms. The molecule has 5 nitrogen and oxygen atoms in total. The second-order valence-corrected chi connectivity index (χ2v) is 4.67. The summed E-state index contributed by atoms with van der Waals surface area (Å²) >= 11 is 0. The van der Waals surface area contributed by atoms with Crippen LogP contribution in [0.1, 0.15) is 19.8 Å². The Bertz CT molecular complexity index is 413. The monoisotopic (exact) mass is 264 g/mol. The fourth-order valence-electron chi connectivity index (χ4n) is 2.04. The van der Waals surface area contributed by atoms with Crippen molar-refractivity contribution < 1.29 is 14.3 Å². The predicted octanol–water partition coefficient (Wildman–Crippen LogP) is 1.33. The molecule has 1 aliphatic carbocycles. The Balaban J connectivity index is 1.64. The van der Waals surface area contributed by atoms with Crippen LogP contribution in [0.3, 0.4) is 0 Å². The van der Waals surface area contributed by atoms with Gasteiger partial charge in [0.1, 0.15) is 5.75 Å². The number of nitrogens with one attached hydrogen (secondary N) is 1. The van der Waals surface area contributed by atoms with E-state index in [0.29, 0.717) is 17.5 Å². The summed E-state index contributed by atoms with van der Waals surface area (Å²) in [5.74, 6) is 0.543. The topological polar surface area (TPSA) is 73.6 Å². The third-order valence-electron chi connectivity index (χ3n) is 3.11. The van der Waals surface area contributed by atoms with E-state index in [1.807, 2.05) is 6.92 Å². The van der Waals surface area contributed by atoms with Gasteiger partial charge in [-0.25, -0.2) is 0 Å². The average molecular weight is 264 g/mol. The molecule has 0 aliphatic heterocycles. The number of hydrogen-bond donors (Lipinski definition) is 2. The van der Waals surface area contributed by atoms with Gasteiger partial charge in [-0.05, 0) is 44.0 Å². The molecule has 104 valence electrons. The van der Waals surface area contributed by atoms with Gasteiger partial charge in [-0.1, -0.05) is 0 Å². The van der Waals surface area contributed by atoms with Crippen molar-refractivity contribution in [2.75, 3.05) is 18.9 Å². The second kappa shape index (κ2) is 6.43. The molecule has 1 aromatic carbocycles. The molecule has 0 saturated heterocycles. The van der Waals surface area contributed by atoms with Gasteiger partial charge in [0.2, 0.25) is 0 Å². The zero-order chi connectivity index (χ0) is 13.7. The van der Waals surface area contributed by atoms with Crippen LogP contribution in [0.25, 0.3) is 0 Å². The third-order valence-corrected chi connectivity index (χ3v) is 3.11. The highest BCUT2D eigenvalue weighted by molar-refractivity contribution is 5.78. The number of hydrogen-bond acceptors (Lipinski definition) is 4. The van der Waals surface area contributed by atoms with Crippen LogP contribution in [-0.2, 0) is 9.53 Å². The Morgan fingerprint density at radius 1 is 1.37 bits per heavy atom. The van der Waals surface area contributed by atoms with E-state index in [0.717, 1.165) is 19.4 Å². The minimum Gasteiger partial charge on any atom is -0.484 e. The first-order valence-electron chi connectivity index (χ1n) is 6.56. The van der Waals surface area contributed by atoms with Gasteiger partial charge in [0.15, 0.2) is 6.61 Å². The van der Waals surface area contributed by atoms with Crippen molar-refractivity contribution in [3.63, 3.8) is 0 Å². The Hall–Kier alpha value is -1.75. The molecule has 19 heavy (non-hydrogen) atoms. The number of rotatable bonds is 6. The summed E-state index contributed by atoms with van der Waals surface area (Å²) in [6.07, 6.45) is 2.08. The second-order valence-electron chi connectivity index (χ2n) is 4.67. The van der Waals surface area contributed by atoms with Gasteiger partial charge in [-0.2, -0.15) is 0 Å². The first-order valence-corrected chi connectivity index (χ1v) is 6.56. The molecule has 1 saturated carbocycles. The minimum absolute atomic E-state index is 0.0275. The van der Waals surface area contributed by atoms with E-state index >= 15 is 0 Å². The van der Waals surface area contributed by atoms with Crippen LogP contribution in [-0.4, -0.2) is 31.3 Å². The predicted molar refractivity (Wildman–Crippen MR) is 72.9 cm³/mol. The van der Waals surface area contributed by atoms with E-state index in [4.69, 9.17) is 15.2 Å². The number of nitrogens with two attached hydrogens (primary N) is 1. The fourth-order valence-corrected chi connectivity index (χ4v) is 2.04. The van der Waals surface area contributed by atoms with Crippen molar-refractivity contribution >= 4 is 11.6 Å². The van der Waals surface area contributed by atoms with Gasteiger partial charge in [-0.3, -0.25) is 4.79 Å². The SMILES string of the molecule is CCOC1CC(NC(=O)COc2ccc(N)cc2)C1. The summed E-state index contributed by atoms with van der Waals surface area (Å²) < 4.78 is 10.8. The highest BCUT2D eigenvalue weighted by Gasteiger charge is 2.30. The lowest BCUT2D eigenvalue weighted by atomic mass is 9.89. The lowest BCUT2D eigenvalue weighted by Crippen LogP contribution is -2.49. The van der Waals surface area contributed by atoms with Crippen LogP contribution in [0.5, 0.6) is 5.75 Å². The van der Waals surface area contributed by atoms with Gasteiger partial charge in [-0.15, -0.1) is 0 Å². The maximum Gasteiger partial charge on any atom is 0.258 e. The van der Waals surface area contributed by atoms with Crippen molar-refractivity contribution in [2.24, 2.45) is 0 Å². The molecule has 1 fully saturated rings. The van der Waals surface area contributed by atoms with E-state index < -0.39 is 0 Å². The Morgan fingerprint density at radius 3 is 2.68 bits per heavy atom. The summed E-state index contributed by atoms with van der Waals surface area (Å²) in [5, 5.41) is 2.92. The molecule has 2 rings (SSSR count). The van der Waals surface area contributed by atoms with E-state index in [1.54, 1.807) is 24.3 Å². The van der Waals surface area contributed by atoms with Crippen LogP contribution in [0.2, 0.25) is 0 Å². The van der Waals surface area contributed by atoms with Crippen molar-refractivity contribution in [1.29, 1.82) is 0 Å². The summed E-state index contributed by atoms with van der Waals surface area (Å²) in [4.78, 5) is 11.6. The third kappa shape index (κ3) is 4.13. The largest absolute Gasteiger partial charge is 0.484 e. The van der Waals surface area contributed by atoms with E-state index in [1.165, 1.54) is 0 Å². The van der Waals surface area contributed by atoms with Gasteiger partial charge in [0.05, 0.1) is 6.10 Å². The smallest absolute Gasteiger partial charge is 0.258 e. The van der Waals surface area contributed by atoms with E-state index in [2.05, 4.69) is 5.32 Å². The molecule has 0 radical (unpaired) electrons. The number of benzene rings is 1. The van der Waals surface area contributed by atoms with E-state index in [-0.39, 0.29) is 18.6 Å². The summed E-state index contributed by atoms with van der Waals surface area (Å²) in [6, 6.07) is 7.20. The van der Waals surface area contributed by atoms with Crippen LogP contribution in [0.15, 0.2) is 24.3 Å². The number of ether oxygens (including phenoxy) is 2. The normalized spacial score (nSPS) is 21.5. The number of anilines is 1. The molecule has 1 aliphatic rings. The first kappa shape index (κ1) is 13.7. The van der Waals surface area contributed by atoms with Crippen LogP contribution in [0, 0.1) is 0 Å². The standard InChI is InChI=1S/C14H20N2O3/c1-2-18-13-7-11(8-13)16-14(17)9-19-12-5-3-10(15)4-6-12/h3-6,11,13H,2,7-9,15H2,1H3,(H,16,17). The fraction of sp³-hybridized carbons (Fsp3) is 0.500. The molecular formula is C14H20N2O3. The highest BCUT2D eigenvalue weighted by Crippen LogP contribution is 2.23. The summed E-state index contributed by atoms with van der Waals surface area (Å²) in [6.45, 7) is 2.73. The molecule has 0 atom stereocenters. The van der Waals surface area contributed by atoms with Gasteiger partial charge < -0.3 is 20.5 Å². The molecule has 0 spiro atoms. The quantitative estimate of drug-likeness (QED) is 0.760. The number of carbonyl (C=O) groups is 1. The molecule has 1 amide bonds. The maximum atomic E-state index is 11.6. The molecular weight excluding hydrogens is 244 g/mol. The Labute approximate surface area is 113 Å². The van der Waals surface area contributed by atoms with E-state index in [9.17, 15) is 4.79 Å². The van der Waals surface area contributed by atoms with Crippen LogP contribution in [0.4, 0.5) is 5.69 Å². The zero-order valence-corrected chi connectivity index (χ0v) is 11.1. The molecule has 0 aromatic heterocycles. The van der Waals surface area contributed by atoms with Crippen LogP contribution < -0.4 is 15.8 Å². The summed E-state index contributed by atoms with van der Waals surface area (Å²) in [5.41, 5.74) is 6.24.